The molecule has 2 aromatic carbocycles. The van der Waals surface area contributed by atoms with Gasteiger partial charge in [0, 0.05) is 21.2 Å². The molecule has 3 nitrogen and oxygen atoms in total. The van der Waals surface area contributed by atoms with E-state index >= 15 is 0 Å². The van der Waals surface area contributed by atoms with E-state index in [1.807, 2.05) is 24.3 Å². The first kappa shape index (κ1) is 8.61. The topological polar surface area (TPSA) is 58.6 Å². The van der Waals surface area contributed by atoms with E-state index in [2.05, 4.69) is 5.10 Å². The number of hydrogen-bond acceptors (Lipinski definition) is 4. The molecule has 15 heavy (non-hydrogen) atoms. The largest absolute Gasteiger partial charge is 0.507 e. The minimum absolute atomic E-state index is 0.300. The van der Waals surface area contributed by atoms with E-state index < -0.39 is 0 Å². The van der Waals surface area contributed by atoms with Crippen LogP contribution in [-0.4, -0.2) is 10.2 Å². The van der Waals surface area contributed by atoms with Crippen LogP contribution in [0.1, 0.15) is 5.56 Å². The molecule has 0 bridgehead atoms. The lowest BCUT2D eigenvalue weighted by atomic mass is 10.0. The van der Waals surface area contributed by atoms with Gasteiger partial charge in [-0.25, -0.2) is 0 Å². The highest BCUT2D eigenvalue weighted by Crippen LogP contribution is 2.43. The van der Waals surface area contributed by atoms with E-state index in [9.17, 15) is 5.11 Å². The standard InChI is InChI=1S/C11H8N2OS/c12-13-11-7-4-5-8(14)6-2-1-3-9(15-11)10(6)7/h1-5,14H,12H2. The maximum Gasteiger partial charge on any atom is 0.128 e. The summed E-state index contributed by atoms with van der Waals surface area (Å²) in [5.74, 6) is 5.63. The minimum atomic E-state index is 0.300. The molecule has 0 spiro atoms. The predicted molar refractivity (Wildman–Crippen MR) is 62.2 cm³/mol. The van der Waals surface area contributed by atoms with Gasteiger partial charge in [-0.15, -0.1) is 0 Å². The Kier molecular flexibility index (Phi) is 1.67. The van der Waals surface area contributed by atoms with Gasteiger partial charge in [-0.1, -0.05) is 23.9 Å². The Labute approximate surface area is 90.6 Å². The fraction of sp³-hybridized carbons (Fsp3) is 0. The first-order valence-corrected chi connectivity index (χ1v) is 5.33. The van der Waals surface area contributed by atoms with Gasteiger partial charge in [0.15, 0.2) is 0 Å². The van der Waals surface area contributed by atoms with Crippen LogP contribution in [0.4, 0.5) is 0 Å². The maximum atomic E-state index is 9.73. The quantitative estimate of drug-likeness (QED) is 0.524. The zero-order chi connectivity index (χ0) is 10.4. The first-order valence-electron chi connectivity index (χ1n) is 4.52. The molecule has 2 aromatic rings. The third kappa shape index (κ3) is 1.05. The molecule has 0 unspecified atom stereocenters. The van der Waals surface area contributed by atoms with Gasteiger partial charge in [-0.05, 0) is 18.2 Å². The Bertz CT molecular complexity index is 592. The van der Waals surface area contributed by atoms with Crippen LogP contribution in [0.2, 0.25) is 0 Å². The fourth-order valence-corrected chi connectivity index (χ4v) is 2.89. The Hall–Kier alpha value is -1.68. The molecule has 1 heterocycles. The van der Waals surface area contributed by atoms with E-state index in [-0.39, 0.29) is 0 Å². The molecular formula is C11H8N2OS. The first-order chi connectivity index (χ1) is 7.31. The highest BCUT2D eigenvalue weighted by Gasteiger charge is 2.21. The average Bonchev–Trinajstić information content (AvgIpc) is 2.63. The van der Waals surface area contributed by atoms with E-state index in [0.29, 0.717) is 5.75 Å². The maximum absolute atomic E-state index is 9.73. The zero-order valence-corrected chi connectivity index (χ0v) is 8.58. The minimum Gasteiger partial charge on any atom is -0.507 e. The number of nitrogens with two attached hydrogens (primary N) is 1. The molecule has 0 fully saturated rings. The molecule has 74 valence electrons. The summed E-state index contributed by atoms with van der Waals surface area (Å²) in [7, 11) is 0. The van der Waals surface area contributed by atoms with Gasteiger partial charge in [0.25, 0.3) is 0 Å². The predicted octanol–water partition coefficient (Wildman–Crippen LogP) is 2.27. The summed E-state index contributed by atoms with van der Waals surface area (Å²) < 4.78 is 0. The normalized spacial score (nSPS) is 16.4. The molecular weight excluding hydrogens is 208 g/mol. The van der Waals surface area contributed by atoms with Crippen LogP contribution < -0.4 is 5.84 Å². The second-order valence-corrected chi connectivity index (χ2v) is 4.38. The SMILES string of the molecule is NN=C1Sc2cccc3c(O)ccc1c23. The lowest BCUT2D eigenvalue weighted by molar-refractivity contribution is 0.481. The van der Waals surface area contributed by atoms with Crippen molar-refractivity contribution in [2.75, 3.05) is 0 Å². The number of nitrogens with zero attached hydrogens (tertiary/aromatic N) is 1. The average molecular weight is 216 g/mol. The van der Waals surface area contributed by atoms with Crippen molar-refractivity contribution in [2.24, 2.45) is 10.9 Å². The fourth-order valence-electron chi connectivity index (χ4n) is 1.88. The van der Waals surface area contributed by atoms with Gasteiger partial charge in [0.2, 0.25) is 0 Å². The van der Waals surface area contributed by atoms with E-state index in [0.717, 1.165) is 26.3 Å². The summed E-state index contributed by atoms with van der Waals surface area (Å²) in [5, 5.41) is 16.2. The summed E-state index contributed by atoms with van der Waals surface area (Å²) in [6.45, 7) is 0. The van der Waals surface area contributed by atoms with Crippen molar-refractivity contribution in [3.8, 4) is 5.75 Å². The number of phenolic OH excluding ortho intramolecular Hbond substituents is 1. The van der Waals surface area contributed by atoms with Gasteiger partial charge in [0.05, 0.1) is 0 Å². The zero-order valence-electron chi connectivity index (χ0n) is 7.77. The number of hydrazone groups is 1. The van der Waals surface area contributed by atoms with Crippen molar-refractivity contribution in [3.05, 3.63) is 35.9 Å². The summed E-state index contributed by atoms with van der Waals surface area (Å²) in [5.41, 5.74) is 1.01. The highest BCUT2D eigenvalue weighted by molar-refractivity contribution is 8.15. The molecule has 1 aliphatic rings. The number of aromatic hydroxyl groups is 1. The third-order valence-corrected chi connectivity index (χ3v) is 3.61. The van der Waals surface area contributed by atoms with Gasteiger partial charge in [0.1, 0.15) is 10.8 Å². The van der Waals surface area contributed by atoms with Crippen LogP contribution in [0.3, 0.4) is 0 Å². The number of hydrogen-bond donors (Lipinski definition) is 2. The molecule has 4 heteroatoms. The van der Waals surface area contributed by atoms with Crippen LogP contribution in [0.15, 0.2) is 40.3 Å². The third-order valence-electron chi connectivity index (χ3n) is 2.53. The Balaban J connectivity index is 2.51. The summed E-state index contributed by atoms with van der Waals surface area (Å²) in [4.78, 5) is 1.10. The van der Waals surface area contributed by atoms with Crippen molar-refractivity contribution in [1.29, 1.82) is 0 Å². The van der Waals surface area contributed by atoms with Crippen LogP contribution in [-0.2, 0) is 0 Å². The molecule has 1 aliphatic heterocycles. The van der Waals surface area contributed by atoms with Gasteiger partial charge < -0.3 is 10.9 Å². The monoisotopic (exact) mass is 216 g/mol. The Morgan fingerprint density at radius 3 is 2.87 bits per heavy atom. The molecule has 0 aliphatic carbocycles. The molecule has 0 saturated heterocycles. The number of rotatable bonds is 0. The van der Waals surface area contributed by atoms with E-state index in [1.165, 1.54) is 11.8 Å². The summed E-state index contributed by atoms with van der Waals surface area (Å²) >= 11 is 1.54. The van der Waals surface area contributed by atoms with Crippen LogP contribution in [0, 0.1) is 0 Å². The lowest BCUT2D eigenvalue weighted by Crippen LogP contribution is -1.94. The molecule has 0 amide bonds. The lowest BCUT2D eigenvalue weighted by Gasteiger charge is -2.01. The van der Waals surface area contributed by atoms with E-state index in [1.54, 1.807) is 6.07 Å². The van der Waals surface area contributed by atoms with Crippen LogP contribution >= 0.6 is 11.8 Å². The number of thioether (sulfide) groups is 1. The smallest absolute Gasteiger partial charge is 0.128 e. The van der Waals surface area contributed by atoms with Crippen LogP contribution in [0.25, 0.3) is 10.8 Å². The molecule has 3 N–H and O–H groups in total. The Morgan fingerprint density at radius 2 is 2.07 bits per heavy atom. The molecule has 0 radical (unpaired) electrons. The summed E-state index contributed by atoms with van der Waals surface area (Å²) in [6, 6.07) is 9.37. The number of phenols is 1. The van der Waals surface area contributed by atoms with Gasteiger partial charge >= 0.3 is 0 Å². The van der Waals surface area contributed by atoms with Gasteiger partial charge in [-0.3, -0.25) is 0 Å². The van der Waals surface area contributed by atoms with Crippen molar-refractivity contribution in [1.82, 2.24) is 0 Å². The number of benzene rings is 2. The van der Waals surface area contributed by atoms with Crippen molar-refractivity contribution < 1.29 is 5.11 Å². The molecule has 0 saturated carbocycles. The van der Waals surface area contributed by atoms with Crippen molar-refractivity contribution in [3.63, 3.8) is 0 Å². The van der Waals surface area contributed by atoms with E-state index in [4.69, 9.17) is 5.84 Å². The second-order valence-electron chi connectivity index (χ2n) is 3.35. The Morgan fingerprint density at radius 1 is 1.20 bits per heavy atom. The van der Waals surface area contributed by atoms with Crippen molar-refractivity contribution in [2.45, 2.75) is 4.90 Å². The van der Waals surface area contributed by atoms with Crippen LogP contribution in [0.5, 0.6) is 5.75 Å². The second kappa shape index (κ2) is 2.90. The summed E-state index contributed by atoms with van der Waals surface area (Å²) in [6.07, 6.45) is 0. The molecule has 0 aromatic heterocycles. The highest BCUT2D eigenvalue weighted by atomic mass is 32.2. The van der Waals surface area contributed by atoms with Gasteiger partial charge in [-0.2, -0.15) is 5.10 Å². The molecule has 0 atom stereocenters. The van der Waals surface area contributed by atoms with Crippen molar-refractivity contribution >= 4 is 27.6 Å². The molecule has 3 rings (SSSR count).